The molecule has 1 aliphatic rings. The Morgan fingerprint density at radius 3 is 2.55 bits per heavy atom. The predicted molar refractivity (Wildman–Crippen MR) is 115 cm³/mol. The number of hydrogen-bond acceptors (Lipinski definition) is 5. The summed E-state index contributed by atoms with van der Waals surface area (Å²) in [5.41, 5.74) is 4.66. The molecule has 1 saturated heterocycles. The SMILES string of the molecule is COc1ccc(C=NNC(=O)C2CCN(Cc3ccc(Cl)cc3)CC2)c(OC)c1. The van der Waals surface area contributed by atoms with Crippen LogP contribution in [0.5, 0.6) is 11.5 Å². The molecule has 1 N–H and O–H groups in total. The molecule has 0 aliphatic carbocycles. The van der Waals surface area contributed by atoms with E-state index in [9.17, 15) is 4.79 Å². The Kier molecular flexibility index (Phi) is 7.49. The standard InChI is InChI=1S/C22H26ClN3O3/c1-28-20-8-5-18(21(13-20)29-2)14-24-25-22(27)17-9-11-26(12-10-17)15-16-3-6-19(23)7-4-16/h3-8,13-14,17H,9-12,15H2,1-2H3,(H,25,27). The van der Waals surface area contributed by atoms with E-state index in [1.807, 2.05) is 36.4 Å². The third-order valence-electron chi connectivity index (χ3n) is 5.10. The fraction of sp³-hybridized carbons (Fsp3) is 0.364. The molecule has 1 heterocycles. The molecule has 1 fully saturated rings. The molecule has 0 saturated carbocycles. The second-order valence-electron chi connectivity index (χ2n) is 7.02. The quantitative estimate of drug-likeness (QED) is 0.553. The van der Waals surface area contributed by atoms with Crippen LogP contribution in [-0.2, 0) is 11.3 Å². The van der Waals surface area contributed by atoms with Crippen LogP contribution < -0.4 is 14.9 Å². The van der Waals surface area contributed by atoms with Gasteiger partial charge in [0.25, 0.3) is 0 Å². The molecule has 2 aromatic carbocycles. The first-order chi connectivity index (χ1) is 14.1. The van der Waals surface area contributed by atoms with Crippen molar-refractivity contribution >= 4 is 23.7 Å². The van der Waals surface area contributed by atoms with Crippen LogP contribution in [0.4, 0.5) is 0 Å². The topological polar surface area (TPSA) is 63.2 Å². The Morgan fingerprint density at radius 2 is 1.90 bits per heavy atom. The van der Waals surface area contributed by atoms with Crippen molar-refractivity contribution in [3.63, 3.8) is 0 Å². The first-order valence-electron chi connectivity index (χ1n) is 9.61. The number of likely N-dealkylation sites (tertiary alicyclic amines) is 1. The number of benzene rings is 2. The molecule has 154 valence electrons. The number of hydrogen-bond donors (Lipinski definition) is 1. The molecule has 0 atom stereocenters. The Bertz CT molecular complexity index is 847. The number of halogens is 1. The van der Waals surface area contributed by atoms with Crippen molar-refractivity contribution in [3.05, 3.63) is 58.6 Å². The number of amides is 1. The zero-order chi connectivity index (χ0) is 20.6. The summed E-state index contributed by atoms with van der Waals surface area (Å²) < 4.78 is 10.5. The van der Waals surface area contributed by atoms with Gasteiger partial charge in [0.1, 0.15) is 11.5 Å². The van der Waals surface area contributed by atoms with Crippen LogP contribution in [-0.4, -0.2) is 44.3 Å². The van der Waals surface area contributed by atoms with E-state index in [0.717, 1.165) is 43.1 Å². The average molecular weight is 416 g/mol. The molecule has 3 rings (SSSR count). The van der Waals surface area contributed by atoms with Gasteiger partial charge in [0.15, 0.2) is 0 Å². The van der Waals surface area contributed by atoms with Gasteiger partial charge in [-0.1, -0.05) is 23.7 Å². The molecule has 1 amide bonds. The van der Waals surface area contributed by atoms with Crippen LogP contribution in [0.1, 0.15) is 24.0 Å². The lowest BCUT2D eigenvalue weighted by Gasteiger charge is -2.30. The minimum absolute atomic E-state index is 0.0219. The first kappa shape index (κ1) is 21.1. The van der Waals surface area contributed by atoms with Crippen LogP contribution in [0.2, 0.25) is 5.02 Å². The van der Waals surface area contributed by atoms with E-state index in [-0.39, 0.29) is 11.8 Å². The van der Waals surface area contributed by atoms with Gasteiger partial charge in [0.05, 0.1) is 20.4 Å². The predicted octanol–water partition coefficient (Wildman–Crippen LogP) is 3.72. The lowest BCUT2D eigenvalue weighted by Crippen LogP contribution is -2.39. The summed E-state index contributed by atoms with van der Waals surface area (Å²) in [6.07, 6.45) is 3.23. The zero-order valence-corrected chi connectivity index (χ0v) is 17.5. The molecule has 0 aromatic heterocycles. The Balaban J connectivity index is 1.47. The van der Waals surface area contributed by atoms with Crippen LogP contribution in [0.25, 0.3) is 0 Å². The first-order valence-corrected chi connectivity index (χ1v) is 9.98. The molecule has 0 unspecified atom stereocenters. The van der Waals surface area contributed by atoms with E-state index in [0.29, 0.717) is 11.5 Å². The normalized spacial score (nSPS) is 15.4. The average Bonchev–Trinajstić information content (AvgIpc) is 2.76. The van der Waals surface area contributed by atoms with Crippen molar-refractivity contribution in [2.75, 3.05) is 27.3 Å². The van der Waals surface area contributed by atoms with Gasteiger partial charge in [-0.25, -0.2) is 5.43 Å². The molecule has 1 aliphatic heterocycles. The third-order valence-corrected chi connectivity index (χ3v) is 5.35. The van der Waals surface area contributed by atoms with Crippen LogP contribution in [0.15, 0.2) is 47.6 Å². The minimum Gasteiger partial charge on any atom is -0.497 e. The largest absolute Gasteiger partial charge is 0.497 e. The monoisotopic (exact) mass is 415 g/mol. The summed E-state index contributed by atoms with van der Waals surface area (Å²) in [6.45, 7) is 2.65. The summed E-state index contributed by atoms with van der Waals surface area (Å²) in [5, 5.41) is 4.85. The summed E-state index contributed by atoms with van der Waals surface area (Å²) in [7, 11) is 3.19. The molecule has 0 bridgehead atoms. The van der Waals surface area contributed by atoms with Crippen LogP contribution >= 0.6 is 11.6 Å². The molecule has 2 aromatic rings. The van der Waals surface area contributed by atoms with Crippen molar-refractivity contribution < 1.29 is 14.3 Å². The highest BCUT2D eigenvalue weighted by atomic mass is 35.5. The van der Waals surface area contributed by atoms with Crippen molar-refractivity contribution in [3.8, 4) is 11.5 Å². The maximum absolute atomic E-state index is 12.4. The third kappa shape index (κ3) is 5.95. The number of carbonyl (C=O) groups is 1. The van der Waals surface area contributed by atoms with Crippen molar-refractivity contribution in [1.29, 1.82) is 0 Å². The molecule has 29 heavy (non-hydrogen) atoms. The van der Waals surface area contributed by atoms with Gasteiger partial charge in [-0.3, -0.25) is 9.69 Å². The van der Waals surface area contributed by atoms with Gasteiger partial charge in [-0.15, -0.1) is 0 Å². The van der Waals surface area contributed by atoms with E-state index >= 15 is 0 Å². The molecular formula is C22H26ClN3O3. The summed E-state index contributed by atoms with van der Waals surface area (Å²) >= 11 is 5.94. The van der Waals surface area contributed by atoms with E-state index in [2.05, 4.69) is 15.4 Å². The van der Waals surface area contributed by atoms with E-state index in [1.165, 1.54) is 5.56 Å². The second-order valence-corrected chi connectivity index (χ2v) is 7.46. The number of hydrazone groups is 1. The second kappa shape index (κ2) is 10.3. The van der Waals surface area contributed by atoms with Crippen LogP contribution in [0.3, 0.4) is 0 Å². The Hall–Kier alpha value is -2.57. The number of methoxy groups -OCH3 is 2. The molecule has 0 radical (unpaired) electrons. The van der Waals surface area contributed by atoms with Gasteiger partial charge >= 0.3 is 0 Å². The van der Waals surface area contributed by atoms with E-state index in [4.69, 9.17) is 21.1 Å². The van der Waals surface area contributed by atoms with Gasteiger partial charge in [-0.05, 0) is 55.8 Å². The lowest BCUT2D eigenvalue weighted by atomic mass is 9.96. The number of carbonyl (C=O) groups excluding carboxylic acids is 1. The summed E-state index contributed by atoms with van der Waals surface area (Å²) in [5.74, 6) is 1.28. The van der Waals surface area contributed by atoms with Crippen molar-refractivity contribution in [2.45, 2.75) is 19.4 Å². The molecule has 6 nitrogen and oxygen atoms in total. The minimum atomic E-state index is -0.0418. The maximum Gasteiger partial charge on any atom is 0.243 e. The molecule has 7 heteroatoms. The highest BCUT2D eigenvalue weighted by Gasteiger charge is 2.24. The number of rotatable bonds is 7. The summed E-state index contributed by atoms with van der Waals surface area (Å²) in [4.78, 5) is 14.8. The van der Waals surface area contributed by atoms with Gasteiger partial charge in [-0.2, -0.15) is 5.10 Å². The Labute approximate surface area is 176 Å². The van der Waals surface area contributed by atoms with Crippen molar-refractivity contribution in [2.24, 2.45) is 11.0 Å². The Morgan fingerprint density at radius 1 is 1.17 bits per heavy atom. The highest BCUT2D eigenvalue weighted by molar-refractivity contribution is 6.30. The van der Waals surface area contributed by atoms with Crippen LogP contribution in [0, 0.1) is 5.92 Å². The number of nitrogens with one attached hydrogen (secondary N) is 1. The lowest BCUT2D eigenvalue weighted by molar-refractivity contribution is -0.126. The van der Waals surface area contributed by atoms with Gasteiger partial charge < -0.3 is 9.47 Å². The highest BCUT2D eigenvalue weighted by Crippen LogP contribution is 2.23. The van der Waals surface area contributed by atoms with E-state index in [1.54, 1.807) is 26.5 Å². The van der Waals surface area contributed by atoms with Gasteiger partial charge in [0, 0.05) is 29.1 Å². The maximum atomic E-state index is 12.4. The zero-order valence-electron chi connectivity index (χ0n) is 16.7. The molecular weight excluding hydrogens is 390 g/mol. The fourth-order valence-corrected chi connectivity index (χ4v) is 3.51. The van der Waals surface area contributed by atoms with Crippen molar-refractivity contribution in [1.82, 2.24) is 10.3 Å². The smallest absolute Gasteiger partial charge is 0.243 e. The van der Waals surface area contributed by atoms with Gasteiger partial charge in [0.2, 0.25) is 5.91 Å². The molecule has 0 spiro atoms. The number of ether oxygens (including phenoxy) is 2. The number of piperidine rings is 1. The van der Waals surface area contributed by atoms with E-state index < -0.39 is 0 Å². The number of nitrogens with zero attached hydrogens (tertiary/aromatic N) is 2. The summed E-state index contributed by atoms with van der Waals surface area (Å²) in [6, 6.07) is 13.3. The fourth-order valence-electron chi connectivity index (χ4n) is 3.38.